The van der Waals surface area contributed by atoms with Crippen molar-refractivity contribution in [1.82, 2.24) is 15.3 Å². The second kappa shape index (κ2) is 8.30. The normalized spacial score (nSPS) is 14.8. The van der Waals surface area contributed by atoms with E-state index in [1.807, 2.05) is 0 Å². The lowest BCUT2D eigenvalue weighted by Gasteiger charge is -2.15. The number of pyridine rings is 2. The molecule has 1 saturated carbocycles. The molecular weight excluding hydrogens is 395 g/mol. The van der Waals surface area contributed by atoms with E-state index in [4.69, 9.17) is 4.74 Å². The quantitative estimate of drug-likeness (QED) is 0.644. The molecule has 1 aromatic carbocycles. The van der Waals surface area contributed by atoms with Crippen molar-refractivity contribution in [2.45, 2.75) is 44.5 Å². The molecule has 30 heavy (non-hydrogen) atoms. The molecule has 0 unspecified atom stereocenters. The minimum Gasteiger partial charge on any atom is -0.474 e. The highest BCUT2D eigenvalue weighted by Gasteiger charge is 2.37. The average molecular weight is 415 g/mol. The Kier molecular flexibility index (Phi) is 5.57. The summed E-state index contributed by atoms with van der Waals surface area (Å²) in [5, 5.41) is 2.45. The molecule has 1 aliphatic carbocycles. The first-order valence-corrected chi connectivity index (χ1v) is 9.76. The zero-order valence-electron chi connectivity index (χ0n) is 16.1. The Labute approximate surface area is 171 Å². The SMILES string of the molecule is O=C(NCc1ccnc(OC2CCCC2)c1)c1cnc2ccccc2c1C(F)(F)F. The van der Waals surface area contributed by atoms with Gasteiger partial charge in [0, 0.05) is 30.4 Å². The Hall–Kier alpha value is -3.16. The first-order valence-electron chi connectivity index (χ1n) is 9.76. The molecule has 156 valence electrons. The van der Waals surface area contributed by atoms with Crippen molar-refractivity contribution < 1.29 is 22.7 Å². The van der Waals surface area contributed by atoms with Crippen LogP contribution in [0.2, 0.25) is 0 Å². The van der Waals surface area contributed by atoms with Crippen LogP contribution in [0.5, 0.6) is 5.88 Å². The van der Waals surface area contributed by atoms with E-state index in [2.05, 4.69) is 15.3 Å². The van der Waals surface area contributed by atoms with E-state index in [1.54, 1.807) is 24.4 Å². The van der Waals surface area contributed by atoms with Crippen molar-refractivity contribution >= 4 is 16.8 Å². The molecule has 4 rings (SSSR count). The fourth-order valence-corrected chi connectivity index (χ4v) is 3.70. The minimum atomic E-state index is -4.69. The summed E-state index contributed by atoms with van der Waals surface area (Å²) in [4.78, 5) is 20.8. The van der Waals surface area contributed by atoms with Gasteiger partial charge in [-0.15, -0.1) is 0 Å². The lowest BCUT2D eigenvalue weighted by atomic mass is 10.0. The van der Waals surface area contributed by atoms with E-state index in [1.165, 1.54) is 18.2 Å². The van der Waals surface area contributed by atoms with Crippen LogP contribution in [-0.2, 0) is 12.7 Å². The van der Waals surface area contributed by atoms with Crippen LogP contribution in [0, 0.1) is 0 Å². The Morgan fingerprint density at radius 1 is 1.13 bits per heavy atom. The van der Waals surface area contributed by atoms with Gasteiger partial charge in [-0.1, -0.05) is 18.2 Å². The number of rotatable bonds is 5. The van der Waals surface area contributed by atoms with Gasteiger partial charge in [0.25, 0.3) is 5.91 Å². The summed E-state index contributed by atoms with van der Waals surface area (Å²) in [5.74, 6) is -0.382. The first kappa shape index (κ1) is 20.1. The van der Waals surface area contributed by atoms with Crippen LogP contribution in [0.4, 0.5) is 13.2 Å². The van der Waals surface area contributed by atoms with Crippen molar-refractivity contribution in [2.75, 3.05) is 0 Å². The highest BCUT2D eigenvalue weighted by atomic mass is 19.4. The lowest BCUT2D eigenvalue weighted by molar-refractivity contribution is -0.136. The molecular formula is C22H20F3N3O2. The number of alkyl halides is 3. The summed E-state index contributed by atoms with van der Waals surface area (Å²) in [6.45, 7) is 0.0481. The number of benzene rings is 1. The monoisotopic (exact) mass is 415 g/mol. The molecule has 0 atom stereocenters. The van der Waals surface area contributed by atoms with Crippen molar-refractivity contribution in [3.05, 3.63) is 65.5 Å². The Balaban J connectivity index is 1.53. The fourth-order valence-electron chi connectivity index (χ4n) is 3.70. The maximum absolute atomic E-state index is 13.7. The summed E-state index contributed by atoms with van der Waals surface area (Å²) >= 11 is 0. The van der Waals surface area contributed by atoms with Crippen LogP contribution in [0.3, 0.4) is 0 Å². The predicted molar refractivity (Wildman–Crippen MR) is 105 cm³/mol. The zero-order chi connectivity index (χ0) is 21.1. The van der Waals surface area contributed by atoms with E-state index in [-0.39, 0.29) is 23.6 Å². The summed E-state index contributed by atoms with van der Waals surface area (Å²) in [7, 11) is 0. The van der Waals surface area contributed by atoms with Crippen LogP contribution < -0.4 is 10.1 Å². The fraction of sp³-hybridized carbons (Fsp3) is 0.318. The van der Waals surface area contributed by atoms with Crippen LogP contribution in [0.15, 0.2) is 48.8 Å². The number of para-hydroxylation sites is 1. The van der Waals surface area contributed by atoms with Gasteiger partial charge in [-0.05, 0) is 43.4 Å². The van der Waals surface area contributed by atoms with Gasteiger partial charge in [0.15, 0.2) is 0 Å². The third-order valence-electron chi connectivity index (χ3n) is 5.15. The van der Waals surface area contributed by atoms with Crippen molar-refractivity contribution in [1.29, 1.82) is 0 Å². The van der Waals surface area contributed by atoms with Crippen molar-refractivity contribution in [3.8, 4) is 5.88 Å². The number of amides is 1. The van der Waals surface area contributed by atoms with Crippen LogP contribution in [-0.4, -0.2) is 22.0 Å². The molecule has 0 bridgehead atoms. The smallest absolute Gasteiger partial charge is 0.417 e. The maximum Gasteiger partial charge on any atom is 0.417 e. The van der Waals surface area contributed by atoms with Crippen LogP contribution >= 0.6 is 0 Å². The van der Waals surface area contributed by atoms with Gasteiger partial charge < -0.3 is 10.1 Å². The molecule has 1 fully saturated rings. The highest BCUT2D eigenvalue weighted by Crippen LogP contribution is 2.36. The van der Waals surface area contributed by atoms with Crippen LogP contribution in [0.1, 0.15) is 47.2 Å². The lowest BCUT2D eigenvalue weighted by Crippen LogP contribution is -2.26. The van der Waals surface area contributed by atoms with Gasteiger partial charge >= 0.3 is 6.18 Å². The number of hydrogen-bond donors (Lipinski definition) is 1. The van der Waals surface area contributed by atoms with E-state index >= 15 is 0 Å². The second-order valence-electron chi connectivity index (χ2n) is 7.27. The number of carbonyl (C=O) groups is 1. The molecule has 2 aromatic heterocycles. The topological polar surface area (TPSA) is 64.1 Å². The molecule has 0 spiro atoms. The third kappa shape index (κ3) is 4.37. The molecule has 8 heteroatoms. The summed E-state index contributed by atoms with van der Waals surface area (Å²) in [6.07, 6.45) is 2.21. The highest BCUT2D eigenvalue weighted by molar-refractivity contribution is 6.00. The number of hydrogen-bond acceptors (Lipinski definition) is 4. The standard InChI is InChI=1S/C22H20F3N3O2/c23-22(24,25)20-16-7-3-4-8-18(16)27-13-17(20)21(29)28-12-14-9-10-26-19(11-14)30-15-5-1-2-6-15/h3-4,7-11,13,15H,1-2,5-6,12H2,(H,28,29). The van der Waals surface area contributed by atoms with Crippen molar-refractivity contribution in [3.63, 3.8) is 0 Å². The zero-order valence-corrected chi connectivity index (χ0v) is 16.1. The van der Waals surface area contributed by atoms with Crippen LogP contribution in [0.25, 0.3) is 10.9 Å². The molecule has 0 radical (unpaired) electrons. The summed E-state index contributed by atoms with van der Waals surface area (Å²) in [5.41, 5.74) is -0.610. The van der Waals surface area contributed by atoms with Gasteiger partial charge in [-0.2, -0.15) is 13.2 Å². The largest absolute Gasteiger partial charge is 0.474 e. The molecule has 0 aliphatic heterocycles. The molecule has 1 amide bonds. The molecule has 0 saturated heterocycles. The van der Waals surface area contributed by atoms with Gasteiger partial charge in [-0.3, -0.25) is 9.78 Å². The first-order chi connectivity index (χ1) is 14.4. The molecule has 5 nitrogen and oxygen atoms in total. The van der Waals surface area contributed by atoms with Gasteiger partial charge in [-0.25, -0.2) is 4.98 Å². The van der Waals surface area contributed by atoms with E-state index in [0.717, 1.165) is 31.9 Å². The van der Waals surface area contributed by atoms with E-state index < -0.39 is 23.2 Å². The molecule has 1 N–H and O–H groups in total. The minimum absolute atomic E-state index is 0.0481. The second-order valence-corrected chi connectivity index (χ2v) is 7.27. The summed E-state index contributed by atoms with van der Waals surface area (Å²) < 4.78 is 47.0. The summed E-state index contributed by atoms with van der Waals surface area (Å²) in [6, 6.07) is 9.27. The predicted octanol–water partition coefficient (Wildman–Crippen LogP) is 4.90. The number of ether oxygens (including phenoxy) is 1. The van der Waals surface area contributed by atoms with Gasteiger partial charge in [0.2, 0.25) is 5.88 Å². The number of aromatic nitrogens is 2. The van der Waals surface area contributed by atoms with Gasteiger partial charge in [0.1, 0.15) is 6.10 Å². The Morgan fingerprint density at radius 2 is 1.90 bits per heavy atom. The molecule has 1 aliphatic rings. The molecule has 2 heterocycles. The van der Waals surface area contributed by atoms with E-state index in [0.29, 0.717) is 11.4 Å². The third-order valence-corrected chi connectivity index (χ3v) is 5.15. The number of nitrogens with zero attached hydrogens (tertiary/aromatic N) is 2. The van der Waals surface area contributed by atoms with Gasteiger partial charge in [0.05, 0.1) is 16.6 Å². The number of fused-ring (bicyclic) bond motifs is 1. The van der Waals surface area contributed by atoms with Crippen molar-refractivity contribution in [2.24, 2.45) is 0 Å². The van der Waals surface area contributed by atoms with E-state index in [9.17, 15) is 18.0 Å². The average Bonchev–Trinajstić information content (AvgIpc) is 3.23. The number of nitrogens with one attached hydrogen (secondary N) is 1. The molecule has 3 aromatic rings. The number of carbonyl (C=O) groups excluding carboxylic acids is 1. The maximum atomic E-state index is 13.7. The Morgan fingerprint density at radius 3 is 2.67 bits per heavy atom. The Bertz CT molecular complexity index is 1060. The number of halogens is 3.